The van der Waals surface area contributed by atoms with Crippen molar-refractivity contribution in [3.8, 4) is 0 Å². The highest BCUT2D eigenvalue weighted by Crippen LogP contribution is 2.39. The Kier molecular flexibility index (Phi) is 4.86. The summed E-state index contributed by atoms with van der Waals surface area (Å²) in [6, 6.07) is 4.09. The number of nitrogens with zero attached hydrogens (tertiary/aromatic N) is 4. The lowest BCUT2D eigenvalue weighted by atomic mass is 9.79. The van der Waals surface area contributed by atoms with Gasteiger partial charge in [-0.25, -0.2) is 13.8 Å². The first-order valence-corrected chi connectivity index (χ1v) is 9.26. The van der Waals surface area contributed by atoms with Gasteiger partial charge in [0.2, 0.25) is 0 Å². The second kappa shape index (κ2) is 7.31. The minimum Gasteiger partial charge on any atom is -0.337 e. The summed E-state index contributed by atoms with van der Waals surface area (Å²) in [5.41, 5.74) is 1.22. The summed E-state index contributed by atoms with van der Waals surface area (Å²) >= 11 is 0. The van der Waals surface area contributed by atoms with Crippen molar-refractivity contribution in [2.45, 2.75) is 25.8 Å². The van der Waals surface area contributed by atoms with Crippen LogP contribution in [0.3, 0.4) is 0 Å². The first-order valence-electron chi connectivity index (χ1n) is 9.26. The Morgan fingerprint density at radius 3 is 2.78 bits per heavy atom. The molecule has 2 fully saturated rings. The third kappa shape index (κ3) is 3.83. The lowest BCUT2D eigenvalue weighted by Crippen LogP contribution is -2.45. The van der Waals surface area contributed by atoms with Crippen LogP contribution in [-0.4, -0.2) is 51.9 Å². The Hall–Kier alpha value is -2.41. The highest BCUT2D eigenvalue weighted by atomic mass is 19.2. The van der Waals surface area contributed by atoms with E-state index < -0.39 is 11.6 Å². The van der Waals surface area contributed by atoms with Crippen LogP contribution in [0.5, 0.6) is 0 Å². The maximum Gasteiger partial charge on any atom is 0.274 e. The van der Waals surface area contributed by atoms with Crippen molar-refractivity contribution in [1.82, 2.24) is 19.8 Å². The fourth-order valence-corrected chi connectivity index (χ4v) is 4.35. The molecule has 0 aliphatic carbocycles. The van der Waals surface area contributed by atoms with Crippen molar-refractivity contribution < 1.29 is 13.6 Å². The summed E-state index contributed by atoms with van der Waals surface area (Å²) in [7, 11) is 0. The molecule has 27 heavy (non-hydrogen) atoms. The van der Waals surface area contributed by atoms with E-state index in [1.807, 2.05) is 4.90 Å². The third-order valence-electron chi connectivity index (χ3n) is 5.64. The van der Waals surface area contributed by atoms with Crippen LogP contribution >= 0.6 is 0 Å². The van der Waals surface area contributed by atoms with Crippen LogP contribution in [0.1, 0.15) is 35.3 Å². The smallest absolute Gasteiger partial charge is 0.274 e. The zero-order valence-corrected chi connectivity index (χ0v) is 15.1. The molecule has 1 aromatic carbocycles. The standard InChI is InChI=1S/C20H22F2N4O/c21-16-3-2-15(10-17(16)22)12-25-8-1-4-20(13-25)5-9-26(14-20)19(27)18-11-23-6-7-24-18/h2-3,6-7,10-11H,1,4-5,8-9,12-14H2/t20-/m0/s1. The van der Waals surface area contributed by atoms with Crippen molar-refractivity contribution in [2.24, 2.45) is 5.41 Å². The van der Waals surface area contributed by atoms with E-state index in [0.717, 1.165) is 37.9 Å². The molecule has 4 rings (SSSR count). The second-order valence-electron chi connectivity index (χ2n) is 7.63. The number of rotatable bonds is 3. The van der Waals surface area contributed by atoms with Gasteiger partial charge in [0.05, 0.1) is 6.20 Å². The fourth-order valence-electron chi connectivity index (χ4n) is 4.35. The number of carbonyl (C=O) groups excluding carboxylic acids is 1. The molecule has 1 amide bonds. The van der Waals surface area contributed by atoms with Gasteiger partial charge < -0.3 is 4.90 Å². The zero-order chi connectivity index (χ0) is 18.9. The maximum absolute atomic E-state index is 13.5. The molecule has 1 spiro atoms. The quantitative estimate of drug-likeness (QED) is 0.831. The number of likely N-dealkylation sites (tertiary alicyclic amines) is 2. The molecule has 2 saturated heterocycles. The van der Waals surface area contributed by atoms with Crippen molar-refractivity contribution in [3.05, 3.63) is 59.7 Å². The molecule has 0 saturated carbocycles. The number of amides is 1. The van der Waals surface area contributed by atoms with Crippen LogP contribution in [0, 0.1) is 17.0 Å². The molecule has 2 aromatic rings. The van der Waals surface area contributed by atoms with Crippen LogP contribution in [0.25, 0.3) is 0 Å². The average Bonchev–Trinajstić information content (AvgIpc) is 3.08. The number of benzene rings is 1. The summed E-state index contributed by atoms with van der Waals surface area (Å²) in [4.78, 5) is 24.9. The summed E-state index contributed by atoms with van der Waals surface area (Å²) in [5.74, 6) is -1.69. The van der Waals surface area contributed by atoms with Gasteiger partial charge >= 0.3 is 0 Å². The summed E-state index contributed by atoms with van der Waals surface area (Å²) in [5, 5.41) is 0. The minimum absolute atomic E-state index is 0.0642. The second-order valence-corrected chi connectivity index (χ2v) is 7.63. The lowest BCUT2D eigenvalue weighted by molar-refractivity contribution is 0.0670. The van der Waals surface area contributed by atoms with Gasteiger partial charge in [0.1, 0.15) is 5.69 Å². The molecule has 1 aromatic heterocycles. The van der Waals surface area contributed by atoms with Gasteiger partial charge in [-0.3, -0.25) is 14.7 Å². The van der Waals surface area contributed by atoms with E-state index in [1.165, 1.54) is 24.5 Å². The van der Waals surface area contributed by atoms with E-state index in [1.54, 1.807) is 12.3 Å². The molecule has 0 radical (unpaired) electrons. The van der Waals surface area contributed by atoms with Crippen molar-refractivity contribution in [1.29, 1.82) is 0 Å². The number of hydrogen-bond donors (Lipinski definition) is 0. The molecule has 0 bridgehead atoms. The van der Waals surface area contributed by atoms with Crippen molar-refractivity contribution >= 4 is 5.91 Å². The molecule has 142 valence electrons. The average molecular weight is 372 g/mol. The van der Waals surface area contributed by atoms with Gasteiger partial charge in [-0.05, 0) is 43.5 Å². The number of carbonyl (C=O) groups is 1. The summed E-state index contributed by atoms with van der Waals surface area (Å²) in [6.45, 7) is 3.80. The number of halogens is 2. The number of hydrogen-bond acceptors (Lipinski definition) is 4. The van der Waals surface area contributed by atoms with Crippen LogP contribution in [-0.2, 0) is 6.54 Å². The van der Waals surface area contributed by atoms with E-state index in [9.17, 15) is 13.6 Å². The van der Waals surface area contributed by atoms with E-state index >= 15 is 0 Å². The van der Waals surface area contributed by atoms with Gasteiger partial charge in [-0.2, -0.15) is 0 Å². The Bertz CT molecular complexity index is 832. The van der Waals surface area contributed by atoms with Crippen molar-refractivity contribution in [3.63, 3.8) is 0 Å². The van der Waals surface area contributed by atoms with Crippen LogP contribution < -0.4 is 0 Å². The molecule has 5 nitrogen and oxygen atoms in total. The summed E-state index contributed by atoms with van der Waals surface area (Å²) in [6.07, 6.45) is 7.65. The predicted octanol–water partition coefficient (Wildman–Crippen LogP) is 2.88. The first kappa shape index (κ1) is 18.0. The molecule has 1 atom stereocenters. The van der Waals surface area contributed by atoms with Crippen molar-refractivity contribution in [2.75, 3.05) is 26.2 Å². The largest absolute Gasteiger partial charge is 0.337 e. The topological polar surface area (TPSA) is 49.3 Å². The van der Waals surface area contributed by atoms with Gasteiger partial charge in [0.25, 0.3) is 5.91 Å². The Morgan fingerprint density at radius 2 is 2.00 bits per heavy atom. The van der Waals surface area contributed by atoms with Crippen LogP contribution in [0.15, 0.2) is 36.8 Å². The first-order chi connectivity index (χ1) is 13.0. The summed E-state index contributed by atoms with van der Waals surface area (Å²) < 4.78 is 26.6. The molecule has 0 unspecified atom stereocenters. The van der Waals surface area contributed by atoms with Gasteiger partial charge in [-0.1, -0.05) is 6.07 Å². The highest BCUT2D eigenvalue weighted by molar-refractivity contribution is 5.92. The Morgan fingerprint density at radius 1 is 1.11 bits per heavy atom. The van der Waals surface area contributed by atoms with E-state index in [4.69, 9.17) is 0 Å². The molecular weight excluding hydrogens is 350 g/mol. The maximum atomic E-state index is 13.5. The molecule has 7 heteroatoms. The Balaban J connectivity index is 1.42. The lowest BCUT2D eigenvalue weighted by Gasteiger charge is -2.40. The molecule has 3 heterocycles. The van der Waals surface area contributed by atoms with Crippen LogP contribution in [0.4, 0.5) is 8.78 Å². The minimum atomic E-state index is -0.817. The van der Waals surface area contributed by atoms with Gasteiger partial charge in [0, 0.05) is 44.0 Å². The SMILES string of the molecule is O=C(c1cnccn1)N1CC[C@]2(CCCN(Cc3ccc(F)c(F)c3)C2)C1. The molecule has 2 aliphatic rings. The number of aromatic nitrogens is 2. The van der Waals surface area contributed by atoms with E-state index in [-0.39, 0.29) is 11.3 Å². The van der Waals surface area contributed by atoms with Gasteiger partial charge in [-0.15, -0.1) is 0 Å². The zero-order valence-electron chi connectivity index (χ0n) is 15.1. The Labute approximate surface area is 157 Å². The van der Waals surface area contributed by atoms with E-state index in [0.29, 0.717) is 25.3 Å². The van der Waals surface area contributed by atoms with Gasteiger partial charge in [0.15, 0.2) is 11.6 Å². The molecule has 2 aliphatic heterocycles. The van der Waals surface area contributed by atoms with E-state index in [2.05, 4.69) is 14.9 Å². The molecular formula is C20H22F2N4O. The fraction of sp³-hybridized carbons (Fsp3) is 0.450. The highest BCUT2D eigenvalue weighted by Gasteiger charge is 2.43. The normalized spacial score (nSPS) is 23.1. The number of piperidine rings is 1. The third-order valence-corrected chi connectivity index (χ3v) is 5.64. The van der Waals surface area contributed by atoms with Crippen LogP contribution in [0.2, 0.25) is 0 Å². The molecule has 0 N–H and O–H groups in total. The predicted molar refractivity (Wildman–Crippen MR) is 95.9 cm³/mol. The monoisotopic (exact) mass is 372 g/mol.